The summed E-state index contributed by atoms with van der Waals surface area (Å²) in [5, 5.41) is 13.8. The number of hydrogen-bond donors (Lipinski definition) is 3. The number of urea groups is 1. The molecule has 0 unspecified atom stereocenters. The summed E-state index contributed by atoms with van der Waals surface area (Å²) >= 11 is 0. The van der Waals surface area contributed by atoms with Gasteiger partial charge in [-0.05, 0) is 67.9 Å². The predicted molar refractivity (Wildman–Crippen MR) is 195 cm³/mol. The van der Waals surface area contributed by atoms with Crippen molar-refractivity contribution in [2.24, 2.45) is 0 Å². The lowest BCUT2D eigenvalue weighted by Gasteiger charge is -2.33. The van der Waals surface area contributed by atoms with Crippen LogP contribution in [0.5, 0.6) is 11.5 Å². The van der Waals surface area contributed by atoms with Gasteiger partial charge in [0.1, 0.15) is 28.8 Å². The van der Waals surface area contributed by atoms with Gasteiger partial charge in [0.25, 0.3) is 0 Å². The predicted octanol–water partition coefficient (Wildman–Crippen LogP) is 7.61. The fraction of sp³-hybridized carbons (Fsp3) is 0.342. The first kappa shape index (κ1) is 36.0. The van der Waals surface area contributed by atoms with Crippen molar-refractivity contribution in [1.82, 2.24) is 24.6 Å². The van der Waals surface area contributed by atoms with Gasteiger partial charge in [-0.3, -0.25) is 9.58 Å². The third-order valence-electron chi connectivity index (χ3n) is 9.61. The van der Waals surface area contributed by atoms with E-state index in [0.717, 1.165) is 43.1 Å². The number of hydrogen-bond acceptors (Lipinski definition) is 8. The maximum absolute atomic E-state index is 15.7. The SMILES string of the molecule is COc1ccc(CNc2nccc3c2c(-c2ccc(NC(=O)Nc4ccc(CN5CCN(C)CC5)c(C(F)(F)F)c4)c(F)c2)nn3C2CC2)c(OC)c1. The lowest BCUT2D eigenvalue weighted by Crippen LogP contribution is -2.44. The second kappa shape index (κ2) is 14.9. The van der Waals surface area contributed by atoms with Crippen molar-refractivity contribution in [2.75, 3.05) is 63.4 Å². The molecule has 0 spiro atoms. The molecule has 278 valence electrons. The van der Waals surface area contributed by atoms with Crippen molar-refractivity contribution in [2.45, 2.75) is 38.1 Å². The molecule has 11 nitrogen and oxygen atoms in total. The van der Waals surface area contributed by atoms with E-state index in [1.165, 1.54) is 24.3 Å². The van der Waals surface area contributed by atoms with Crippen molar-refractivity contribution in [3.05, 3.63) is 89.4 Å². The lowest BCUT2D eigenvalue weighted by molar-refractivity contribution is -0.138. The standard InChI is InChI=1S/C38H40F4N8O3/c1-48-14-16-49(17-15-48)22-25-4-7-26(19-29(25)38(40,41)42)45-37(51)46-31-11-6-23(18-30(31)39)35-34-32(50(47-35)27-8-9-27)12-13-43-36(34)44-21-24-5-10-28(52-2)20-33(24)53-3/h4-7,10-13,18-20,27H,8-9,14-17,21-22H2,1-3H3,(H,43,44)(H2,45,46,51). The van der Waals surface area contributed by atoms with Crippen LogP contribution in [0.25, 0.3) is 22.2 Å². The normalized spacial score (nSPS) is 15.4. The smallest absolute Gasteiger partial charge is 0.416 e. The first-order chi connectivity index (χ1) is 25.5. The van der Waals surface area contributed by atoms with E-state index < -0.39 is 23.6 Å². The molecule has 3 heterocycles. The Morgan fingerprint density at radius 3 is 2.40 bits per heavy atom. The number of anilines is 3. The van der Waals surface area contributed by atoms with Crippen LogP contribution in [-0.4, -0.2) is 78.0 Å². The van der Waals surface area contributed by atoms with Crippen LogP contribution in [0.3, 0.4) is 0 Å². The van der Waals surface area contributed by atoms with Gasteiger partial charge in [0.05, 0.1) is 42.4 Å². The molecular weight excluding hydrogens is 692 g/mol. The summed E-state index contributed by atoms with van der Waals surface area (Å²) in [7, 11) is 5.15. The van der Waals surface area contributed by atoms with Gasteiger partial charge in [-0.25, -0.2) is 14.2 Å². The Morgan fingerprint density at radius 1 is 0.925 bits per heavy atom. The topological polar surface area (TPSA) is 109 Å². The van der Waals surface area contributed by atoms with Crippen molar-refractivity contribution < 1.29 is 31.8 Å². The van der Waals surface area contributed by atoms with E-state index in [0.29, 0.717) is 53.6 Å². The summed E-state index contributed by atoms with van der Waals surface area (Å²) in [4.78, 5) is 21.6. The molecule has 3 aromatic carbocycles. The van der Waals surface area contributed by atoms with Gasteiger partial charge in [-0.1, -0.05) is 12.1 Å². The number of piperazine rings is 1. The van der Waals surface area contributed by atoms with Gasteiger partial charge in [0.15, 0.2) is 0 Å². The number of amides is 2. The molecule has 3 N–H and O–H groups in total. The number of ether oxygens (including phenoxy) is 2. The summed E-state index contributed by atoms with van der Waals surface area (Å²) < 4.78 is 70.7. The summed E-state index contributed by atoms with van der Waals surface area (Å²) in [5.74, 6) is 1.12. The molecule has 15 heteroatoms. The van der Waals surface area contributed by atoms with E-state index in [1.54, 1.807) is 32.5 Å². The summed E-state index contributed by atoms with van der Waals surface area (Å²) in [6.45, 7) is 3.39. The third kappa shape index (κ3) is 8.00. The fourth-order valence-electron chi connectivity index (χ4n) is 6.55. The minimum Gasteiger partial charge on any atom is -0.497 e. The van der Waals surface area contributed by atoms with E-state index in [9.17, 15) is 18.0 Å². The number of pyridine rings is 1. The highest BCUT2D eigenvalue weighted by atomic mass is 19.4. The molecule has 5 aromatic rings. The molecule has 7 rings (SSSR count). The minimum absolute atomic E-state index is 0.0640. The van der Waals surface area contributed by atoms with Crippen LogP contribution in [0.4, 0.5) is 39.5 Å². The number of fused-ring (bicyclic) bond motifs is 1. The Morgan fingerprint density at radius 2 is 1.70 bits per heavy atom. The number of nitrogens with one attached hydrogen (secondary N) is 3. The average molecular weight is 733 g/mol. The molecule has 2 aromatic heterocycles. The number of nitrogens with zero attached hydrogens (tertiary/aromatic N) is 5. The Balaban J connectivity index is 1.10. The summed E-state index contributed by atoms with van der Waals surface area (Å²) in [6.07, 6.45) is -0.979. The van der Waals surface area contributed by atoms with Crippen molar-refractivity contribution in [3.8, 4) is 22.8 Å². The minimum atomic E-state index is -4.62. The summed E-state index contributed by atoms with van der Waals surface area (Å²) in [5.41, 5.74) is 1.77. The van der Waals surface area contributed by atoms with Gasteiger partial charge in [-0.2, -0.15) is 18.3 Å². The van der Waals surface area contributed by atoms with Gasteiger partial charge < -0.3 is 30.3 Å². The number of benzene rings is 3. The number of rotatable bonds is 11. The number of halogens is 4. The number of alkyl halides is 3. The molecular formula is C38H40F4N8O3. The van der Waals surface area contributed by atoms with Gasteiger partial charge >= 0.3 is 12.2 Å². The first-order valence-electron chi connectivity index (χ1n) is 17.3. The number of methoxy groups -OCH3 is 2. The van der Waals surface area contributed by atoms with E-state index >= 15 is 4.39 Å². The number of aromatic nitrogens is 3. The molecule has 1 saturated carbocycles. The van der Waals surface area contributed by atoms with Gasteiger partial charge in [-0.15, -0.1) is 0 Å². The Bertz CT molecular complexity index is 2130. The largest absolute Gasteiger partial charge is 0.497 e. The molecule has 2 fully saturated rings. The third-order valence-corrected chi connectivity index (χ3v) is 9.61. The Kier molecular flexibility index (Phi) is 10.1. The van der Waals surface area contributed by atoms with E-state index in [2.05, 4.69) is 25.8 Å². The molecule has 1 aliphatic carbocycles. The zero-order valence-corrected chi connectivity index (χ0v) is 29.6. The van der Waals surface area contributed by atoms with Crippen LogP contribution < -0.4 is 25.4 Å². The molecule has 1 saturated heterocycles. The summed E-state index contributed by atoms with van der Waals surface area (Å²) in [6, 6.07) is 14.8. The Hall–Kier alpha value is -5.41. The molecule has 0 bridgehead atoms. The maximum Gasteiger partial charge on any atom is 0.416 e. The highest BCUT2D eigenvalue weighted by molar-refractivity contribution is 6.02. The Labute approximate surface area is 303 Å². The number of carbonyl (C=O) groups is 1. The van der Waals surface area contributed by atoms with E-state index in [1.807, 2.05) is 34.8 Å². The molecule has 2 amide bonds. The van der Waals surface area contributed by atoms with Crippen molar-refractivity contribution in [3.63, 3.8) is 0 Å². The van der Waals surface area contributed by atoms with Crippen LogP contribution in [0.2, 0.25) is 0 Å². The monoisotopic (exact) mass is 732 g/mol. The van der Waals surface area contributed by atoms with Gasteiger partial charge in [0.2, 0.25) is 0 Å². The van der Waals surface area contributed by atoms with Crippen LogP contribution in [0, 0.1) is 5.82 Å². The fourth-order valence-corrected chi connectivity index (χ4v) is 6.55. The lowest BCUT2D eigenvalue weighted by atomic mass is 10.0. The van der Waals surface area contributed by atoms with Crippen LogP contribution in [0.15, 0.2) is 66.9 Å². The van der Waals surface area contributed by atoms with Crippen molar-refractivity contribution >= 4 is 34.1 Å². The van der Waals surface area contributed by atoms with E-state index in [-0.39, 0.29) is 29.5 Å². The van der Waals surface area contributed by atoms with E-state index in [4.69, 9.17) is 14.6 Å². The zero-order chi connectivity index (χ0) is 37.3. The molecule has 1 aliphatic heterocycles. The van der Waals surface area contributed by atoms with Crippen LogP contribution in [-0.2, 0) is 19.3 Å². The zero-order valence-electron chi connectivity index (χ0n) is 29.6. The van der Waals surface area contributed by atoms with Crippen LogP contribution >= 0.6 is 0 Å². The maximum atomic E-state index is 15.7. The highest BCUT2D eigenvalue weighted by Gasteiger charge is 2.34. The van der Waals surface area contributed by atoms with Crippen LogP contribution in [0.1, 0.15) is 35.6 Å². The number of carbonyl (C=O) groups excluding carboxylic acids is 1. The van der Waals surface area contributed by atoms with Crippen molar-refractivity contribution in [1.29, 1.82) is 0 Å². The quantitative estimate of drug-likeness (QED) is 0.119. The average Bonchev–Trinajstić information content (AvgIpc) is 3.92. The molecule has 53 heavy (non-hydrogen) atoms. The molecule has 2 aliphatic rings. The number of likely N-dealkylation sites (N-methyl/N-ethyl adjacent to an activating group) is 1. The second-order valence-corrected chi connectivity index (χ2v) is 13.3. The molecule has 0 atom stereocenters. The van der Waals surface area contributed by atoms with Gasteiger partial charge in [0, 0.05) is 68.3 Å². The highest BCUT2D eigenvalue weighted by Crippen LogP contribution is 2.42. The first-order valence-corrected chi connectivity index (χ1v) is 17.3. The molecule has 0 radical (unpaired) electrons. The second-order valence-electron chi connectivity index (χ2n) is 13.3.